The molecule has 2 N–H and O–H groups in total. The molecule has 0 aliphatic heterocycles. The molecule has 0 saturated heterocycles. The molecule has 0 amide bonds. The molecule has 7 nitrogen and oxygen atoms in total. The lowest BCUT2D eigenvalue weighted by atomic mass is 10.2. The number of H-pyrrole nitrogens is 1. The Labute approximate surface area is 169 Å². The SMILES string of the molecule is CCC(NS(=O)(=O)c1cc(OC)c(OC)cc1F)c1ncc(-c2ccccc2)[nH]1. The first kappa shape index (κ1) is 20.8. The van der Waals surface area contributed by atoms with Gasteiger partial charge in [0.2, 0.25) is 10.0 Å². The molecule has 29 heavy (non-hydrogen) atoms. The van der Waals surface area contributed by atoms with Crippen LogP contribution in [0.5, 0.6) is 11.5 Å². The second kappa shape index (κ2) is 8.62. The molecule has 2 aromatic carbocycles. The van der Waals surface area contributed by atoms with Crippen LogP contribution in [0.4, 0.5) is 4.39 Å². The Hall–Kier alpha value is -2.91. The minimum atomic E-state index is -4.18. The van der Waals surface area contributed by atoms with Crippen LogP contribution in [0.1, 0.15) is 25.2 Å². The molecule has 154 valence electrons. The number of benzene rings is 2. The van der Waals surface area contributed by atoms with Crippen molar-refractivity contribution in [2.75, 3.05) is 14.2 Å². The Bertz CT molecular complexity index is 1080. The molecule has 9 heteroatoms. The molecule has 0 fully saturated rings. The van der Waals surface area contributed by atoms with Gasteiger partial charge in [0.05, 0.1) is 32.2 Å². The van der Waals surface area contributed by atoms with Gasteiger partial charge in [0.25, 0.3) is 0 Å². The second-order valence-electron chi connectivity index (χ2n) is 6.27. The number of rotatable bonds is 8. The van der Waals surface area contributed by atoms with E-state index in [4.69, 9.17) is 9.47 Å². The number of aromatic amines is 1. The number of nitrogens with zero attached hydrogens (tertiary/aromatic N) is 1. The largest absolute Gasteiger partial charge is 0.493 e. The number of methoxy groups -OCH3 is 2. The number of sulfonamides is 1. The van der Waals surface area contributed by atoms with E-state index in [2.05, 4.69) is 14.7 Å². The molecule has 0 aliphatic rings. The van der Waals surface area contributed by atoms with Gasteiger partial charge < -0.3 is 14.5 Å². The van der Waals surface area contributed by atoms with Crippen molar-refractivity contribution >= 4 is 10.0 Å². The van der Waals surface area contributed by atoms with Gasteiger partial charge in [-0.15, -0.1) is 0 Å². The van der Waals surface area contributed by atoms with Gasteiger partial charge in [-0.05, 0) is 12.0 Å². The van der Waals surface area contributed by atoms with Crippen LogP contribution in [-0.2, 0) is 10.0 Å². The molecule has 1 aromatic heterocycles. The first-order chi connectivity index (χ1) is 13.9. The summed E-state index contributed by atoms with van der Waals surface area (Å²) in [6.07, 6.45) is 2.05. The van der Waals surface area contributed by atoms with Crippen LogP contribution in [0, 0.1) is 5.82 Å². The van der Waals surface area contributed by atoms with Crippen LogP contribution < -0.4 is 14.2 Å². The molecule has 3 rings (SSSR count). The van der Waals surface area contributed by atoms with Gasteiger partial charge in [0.15, 0.2) is 11.5 Å². The number of imidazole rings is 1. The molecule has 0 radical (unpaired) electrons. The van der Waals surface area contributed by atoms with E-state index < -0.39 is 26.8 Å². The maximum absolute atomic E-state index is 14.5. The fourth-order valence-electron chi connectivity index (χ4n) is 2.90. The highest BCUT2D eigenvalue weighted by Crippen LogP contribution is 2.32. The summed E-state index contributed by atoms with van der Waals surface area (Å²) < 4.78 is 52.8. The number of hydrogen-bond acceptors (Lipinski definition) is 5. The van der Waals surface area contributed by atoms with E-state index in [-0.39, 0.29) is 11.5 Å². The molecule has 0 spiro atoms. The van der Waals surface area contributed by atoms with Crippen LogP contribution >= 0.6 is 0 Å². The summed E-state index contributed by atoms with van der Waals surface area (Å²) in [5.74, 6) is -0.272. The Balaban J connectivity index is 1.90. The number of halogens is 1. The zero-order valence-corrected chi connectivity index (χ0v) is 17.1. The first-order valence-corrected chi connectivity index (χ1v) is 10.4. The van der Waals surface area contributed by atoms with Crippen molar-refractivity contribution in [3.63, 3.8) is 0 Å². The molecule has 1 heterocycles. The lowest BCUT2D eigenvalue weighted by Gasteiger charge is -2.17. The highest BCUT2D eigenvalue weighted by molar-refractivity contribution is 7.89. The van der Waals surface area contributed by atoms with E-state index >= 15 is 0 Å². The Morgan fingerprint density at radius 2 is 1.79 bits per heavy atom. The molecule has 3 aromatic rings. The fraction of sp³-hybridized carbons (Fsp3) is 0.250. The van der Waals surface area contributed by atoms with Gasteiger partial charge in [-0.25, -0.2) is 22.5 Å². The Kier molecular flexibility index (Phi) is 6.19. The summed E-state index contributed by atoms with van der Waals surface area (Å²) in [6.45, 7) is 1.81. The smallest absolute Gasteiger partial charge is 0.244 e. The average molecular weight is 419 g/mol. The predicted octanol–water partition coefficient (Wildman–Crippen LogP) is 3.66. The van der Waals surface area contributed by atoms with Gasteiger partial charge >= 0.3 is 0 Å². The molecule has 1 unspecified atom stereocenters. The zero-order chi connectivity index (χ0) is 21.0. The molecular weight excluding hydrogens is 397 g/mol. The van der Waals surface area contributed by atoms with Gasteiger partial charge in [0.1, 0.15) is 16.5 Å². The summed E-state index contributed by atoms with van der Waals surface area (Å²) in [5, 5.41) is 0. The van der Waals surface area contributed by atoms with Crippen molar-refractivity contribution in [1.82, 2.24) is 14.7 Å². The molecule has 1 atom stereocenters. The van der Waals surface area contributed by atoms with Crippen LogP contribution in [0.25, 0.3) is 11.3 Å². The lowest BCUT2D eigenvalue weighted by molar-refractivity contribution is 0.350. The van der Waals surface area contributed by atoms with Crippen molar-refractivity contribution in [3.05, 3.63) is 60.3 Å². The van der Waals surface area contributed by atoms with Gasteiger partial charge in [-0.2, -0.15) is 0 Å². The average Bonchev–Trinajstić information content (AvgIpc) is 3.22. The normalized spacial score (nSPS) is 12.6. The quantitative estimate of drug-likeness (QED) is 0.581. The third-order valence-corrected chi connectivity index (χ3v) is 5.93. The van der Waals surface area contributed by atoms with Gasteiger partial charge in [0, 0.05) is 12.1 Å². The van der Waals surface area contributed by atoms with Crippen LogP contribution in [0.3, 0.4) is 0 Å². The van der Waals surface area contributed by atoms with Crippen LogP contribution in [0.15, 0.2) is 53.6 Å². The predicted molar refractivity (Wildman–Crippen MR) is 107 cm³/mol. The Morgan fingerprint density at radius 3 is 2.41 bits per heavy atom. The topological polar surface area (TPSA) is 93.3 Å². The van der Waals surface area contributed by atoms with Crippen molar-refractivity contribution in [3.8, 4) is 22.8 Å². The summed E-state index contributed by atoms with van der Waals surface area (Å²) in [5.41, 5.74) is 1.69. The molecular formula is C20H22FN3O4S. The zero-order valence-electron chi connectivity index (χ0n) is 16.3. The summed E-state index contributed by atoms with van der Waals surface area (Å²) >= 11 is 0. The number of hydrogen-bond donors (Lipinski definition) is 2. The van der Waals surface area contributed by atoms with Crippen molar-refractivity contribution in [1.29, 1.82) is 0 Å². The van der Waals surface area contributed by atoms with E-state index in [1.165, 1.54) is 14.2 Å². The van der Waals surface area contributed by atoms with E-state index in [9.17, 15) is 12.8 Å². The van der Waals surface area contributed by atoms with E-state index in [1.54, 1.807) is 6.20 Å². The van der Waals surface area contributed by atoms with E-state index in [0.29, 0.717) is 12.2 Å². The summed E-state index contributed by atoms with van der Waals surface area (Å²) in [7, 11) is -1.49. The molecule has 0 aliphatic carbocycles. The monoisotopic (exact) mass is 419 g/mol. The highest BCUT2D eigenvalue weighted by atomic mass is 32.2. The van der Waals surface area contributed by atoms with Crippen molar-refractivity contribution < 1.29 is 22.3 Å². The summed E-state index contributed by atoms with van der Waals surface area (Å²) in [6, 6.07) is 11.0. The van der Waals surface area contributed by atoms with Crippen LogP contribution in [0.2, 0.25) is 0 Å². The number of nitrogens with one attached hydrogen (secondary N) is 2. The fourth-order valence-corrected chi connectivity index (χ4v) is 4.26. The number of ether oxygens (including phenoxy) is 2. The van der Waals surface area contributed by atoms with Crippen molar-refractivity contribution in [2.45, 2.75) is 24.3 Å². The molecule has 0 saturated carbocycles. The van der Waals surface area contributed by atoms with Gasteiger partial charge in [-0.1, -0.05) is 37.3 Å². The molecule has 0 bridgehead atoms. The van der Waals surface area contributed by atoms with E-state index in [1.807, 2.05) is 37.3 Å². The lowest BCUT2D eigenvalue weighted by Crippen LogP contribution is -2.29. The van der Waals surface area contributed by atoms with Crippen molar-refractivity contribution in [2.24, 2.45) is 0 Å². The minimum Gasteiger partial charge on any atom is -0.493 e. The third kappa shape index (κ3) is 4.41. The maximum atomic E-state index is 14.5. The van der Waals surface area contributed by atoms with Gasteiger partial charge in [-0.3, -0.25) is 0 Å². The maximum Gasteiger partial charge on any atom is 0.244 e. The summed E-state index contributed by atoms with van der Waals surface area (Å²) in [4.78, 5) is 6.91. The number of aromatic nitrogens is 2. The Morgan fingerprint density at radius 1 is 1.14 bits per heavy atom. The second-order valence-corrected chi connectivity index (χ2v) is 7.95. The van der Waals surface area contributed by atoms with E-state index in [0.717, 1.165) is 23.4 Å². The minimum absolute atomic E-state index is 0.106. The first-order valence-electron chi connectivity index (χ1n) is 8.93. The standard InChI is InChI=1S/C20H22FN3O4S/c1-4-15(20-22-12-16(23-20)13-8-6-5-7-9-13)24-29(25,26)19-11-18(28-3)17(27-2)10-14(19)21/h5-12,15,24H,4H2,1-3H3,(H,22,23). The highest BCUT2D eigenvalue weighted by Gasteiger charge is 2.27. The van der Waals surface area contributed by atoms with Crippen LogP contribution in [-0.4, -0.2) is 32.6 Å². The third-order valence-electron chi connectivity index (χ3n) is 4.44.